The molecule has 7 atom stereocenters. The van der Waals surface area contributed by atoms with Crippen LogP contribution in [0.5, 0.6) is 0 Å². The van der Waals surface area contributed by atoms with E-state index in [0.29, 0.717) is 18.4 Å². The normalized spacial score (nSPS) is 49.0. The highest BCUT2D eigenvalue weighted by molar-refractivity contribution is 6.06. The summed E-state index contributed by atoms with van der Waals surface area (Å²) < 4.78 is 0. The number of carboxylic acids is 1. The maximum absolute atomic E-state index is 12.3. The highest BCUT2D eigenvalue weighted by Crippen LogP contribution is 2.67. The van der Waals surface area contributed by atoms with Crippen LogP contribution in [0, 0.1) is 28.6 Å². The molecule has 2 saturated carbocycles. The van der Waals surface area contributed by atoms with Gasteiger partial charge in [-0.1, -0.05) is 25.5 Å². The standard InChI is InChI=1S/C22H28O6/c1-11-6-13-14-4-5-22(28,19(26)27)21(14,3)9-17(25)18(13)20(2)8-12(10-23)16(24)7-15(11)20/h6-7,10,13-14,17-18,23,25,28H,4-5,8-9H2,1-3H3,(H,26,27)/t13-,14-,17-,18+,20-,21-,22-/m0/s1. The van der Waals surface area contributed by atoms with Gasteiger partial charge in [0, 0.05) is 22.3 Å². The summed E-state index contributed by atoms with van der Waals surface area (Å²) in [5.74, 6) is -1.82. The molecule has 4 N–H and O–H groups in total. The van der Waals surface area contributed by atoms with Crippen molar-refractivity contribution in [2.75, 3.05) is 0 Å². The third-order valence-electron chi connectivity index (χ3n) is 8.38. The predicted molar refractivity (Wildman–Crippen MR) is 101 cm³/mol. The molecule has 0 unspecified atom stereocenters. The number of aliphatic hydroxyl groups excluding tert-OH is 2. The largest absolute Gasteiger partial charge is 0.515 e. The number of hydrogen-bond acceptors (Lipinski definition) is 5. The average Bonchev–Trinajstić information content (AvgIpc) is 2.88. The Morgan fingerprint density at radius 1 is 1.32 bits per heavy atom. The molecular formula is C22H28O6. The van der Waals surface area contributed by atoms with Gasteiger partial charge < -0.3 is 20.4 Å². The van der Waals surface area contributed by atoms with Gasteiger partial charge in [-0.15, -0.1) is 0 Å². The number of ketones is 1. The Kier molecular flexibility index (Phi) is 4.02. The minimum absolute atomic E-state index is 0.0745. The predicted octanol–water partition coefficient (Wildman–Crippen LogP) is 2.52. The number of carboxylic acid groups (broad SMARTS) is 1. The van der Waals surface area contributed by atoms with Crippen molar-refractivity contribution in [3.05, 3.63) is 35.1 Å². The minimum Gasteiger partial charge on any atom is -0.515 e. The van der Waals surface area contributed by atoms with E-state index in [9.17, 15) is 30.0 Å². The first-order chi connectivity index (χ1) is 13.0. The number of aliphatic hydroxyl groups is 3. The zero-order valence-electron chi connectivity index (χ0n) is 16.5. The smallest absolute Gasteiger partial charge is 0.336 e. The van der Waals surface area contributed by atoms with E-state index < -0.39 is 28.5 Å². The summed E-state index contributed by atoms with van der Waals surface area (Å²) in [6.07, 6.45) is 4.96. The summed E-state index contributed by atoms with van der Waals surface area (Å²) in [5.41, 5.74) is -1.13. The first kappa shape index (κ1) is 19.4. The fourth-order valence-electron chi connectivity index (χ4n) is 7.02. The van der Waals surface area contributed by atoms with Gasteiger partial charge in [0.05, 0.1) is 12.4 Å². The number of fused-ring (bicyclic) bond motifs is 5. The molecule has 0 heterocycles. The number of rotatable bonds is 1. The molecule has 6 heteroatoms. The Balaban J connectivity index is 1.86. The van der Waals surface area contributed by atoms with E-state index in [0.717, 1.165) is 17.4 Å². The lowest BCUT2D eigenvalue weighted by atomic mass is 9.46. The number of allylic oxidation sites excluding steroid dienone is 5. The van der Waals surface area contributed by atoms with Crippen LogP contribution in [0.4, 0.5) is 0 Å². The molecule has 0 aromatic heterocycles. The lowest BCUT2D eigenvalue weighted by Gasteiger charge is -2.59. The third-order valence-corrected chi connectivity index (χ3v) is 8.38. The van der Waals surface area contributed by atoms with Crippen molar-refractivity contribution < 1.29 is 30.0 Å². The molecule has 4 aliphatic rings. The quantitative estimate of drug-likeness (QED) is 0.405. The van der Waals surface area contributed by atoms with Crippen molar-refractivity contribution in [3.63, 3.8) is 0 Å². The summed E-state index contributed by atoms with van der Waals surface area (Å²) in [5, 5.41) is 41.4. The highest BCUT2D eigenvalue weighted by Gasteiger charge is 2.68. The second-order valence-electron chi connectivity index (χ2n) is 9.62. The van der Waals surface area contributed by atoms with E-state index in [1.807, 2.05) is 13.8 Å². The Bertz CT molecular complexity index is 853. The fraction of sp³-hybridized carbons (Fsp3) is 0.636. The Labute approximate surface area is 164 Å². The molecule has 6 nitrogen and oxygen atoms in total. The monoisotopic (exact) mass is 388 g/mol. The SMILES string of the molecule is CC1=C[C@@H]2[C@H]([C@@H](O)C[C@@]3(C)[C@H]2CC[C@]3(O)C(=O)O)[C@@]2(C)CC(=CO)C(=O)C=C12. The minimum atomic E-state index is -1.85. The van der Waals surface area contributed by atoms with E-state index in [4.69, 9.17) is 0 Å². The summed E-state index contributed by atoms with van der Waals surface area (Å²) in [6, 6.07) is 0. The molecule has 0 spiro atoms. The topological polar surface area (TPSA) is 115 Å². The zero-order chi connectivity index (χ0) is 20.6. The molecule has 0 aromatic carbocycles. The van der Waals surface area contributed by atoms with Crippen LogP contribution >= 0.6 is 0 Å². The Hall–Kier alpha value is -1.92. The van der Waals surface area contributed by atoms with Gasteiger partial charge in [0.25, 0.3) is 0 Å². The molecule has 0 amide bonds. The average molecular weight is 388 g/mol. The second kappa shape index (κ2) is 5.80. The van der Waals surface area contributed by atoms with E-state index in [1.165, 1.54) is 0 Å². The summed E-state index contributed by atoms with van der Waals surface area (Å²) in [7, 11) is 0. The first-order valence-corrected chi connectivity index (χ1v) is 9.92. The molecule has 4 rings (SSSR count). The molecular weight excluding hydrogens is 360 g/mol. The maximum Gasteiger partial charge on any atom is 0.336 e. The van der Waals surface area contributed by atoms with Gasteiger partial charge in [0.15, 0.2) is 11.4 Å². The van der Waals surface area contributed by atoms with Gasteiger partial charge in [-0.05, 0) is 56.1 Å². The van der Waals surface area contributed by atoms with E-state index >= 15 is 0 Å². The maximum atomic E-state index is 12.3. The van der Waals surface area contributed by atoms with Crippen LogP contribution < -0.4 is 0 Å². The van der Waals surface area contributed by atoms with Crippen LogP contribution in [-0.2, 0) is 9.59 Å². The summed E-state index contributed by atoms with van der Waals surface area (Å²) in [4.78, 5) is 24.2. The summed E-state index contributed by atoms with van der Waals surface area (Å²) >= 11 is 0. The molecule has 0 radical (unpaired) electrons. The van der Waals surface area contributed by atoms with E-state index in [-0.39, 0.29) is 36.4 Å². The van der Waals surface area contributed by atoms with Crippen LogP contribution in [0.15, 0.2) is 35.1 Å². The zero-order valence-corrected chi connectivity index (χ0v) is 16.5. The number of hydrogen-bond donors (Lipinski definition) is 4. The molecule has 0 aromatic rings. The summed E-state index contributed by atoms with van der Waals surface area (Å²) in [6.45, 7) is 5.75. The van der Waals surface area contributed by atoms with Crippen LogP contribution in [0.2, 0.25) is 0 Å². The van der Waals surface area contributed by atoms with Crippen LogP contribution in [0.1, 0.15) is 46.5 Å². The van der Waals surface area contributed by atoms with Crippen LogP contribution in [0.25, 0.3) is 0 Å². The van der Waals surface area contributed by atoms with Gasteiger partial charge in [0.1, 0.15) is 0 Å². The van der Waals surface area contributed by atoms with Crippen molar-refractivity contribution in [1.29, 1.82) is 0 Å². The highest BCUT2D eigenvalue weighted by atomic mass is 16.4. The molecule has 0 saturated heterocycles. The molecule has 28 heavy (non-hydrogen) atoms. The van der Waals surface area contributed by atoms with Gasteiger partial charge in [-0.25, -0.2) is 4.79 Å². The molecule has 0 aliphatic heterocycles. The molecule has 4 aliphatic carbocycles. The van der Waals surface area contributed by atoms with Gasteiger partial charge in [0.2, 0.25) is 0 Å². The van der Waals surface area contributed by atoms with Crippen molar-refractivity contribution in [2.24, 2.45) is 28.6 Å². The fourth-order valence-corrected chi connectivity index (χ4v) is 7.02. The number of carbonyl (C=O) groups is 2. The van der Waals surface area contributed by atoms with Crippen molar-refractivity contribution >= 4 is 11.8 Å². The molecule has 0 bridgehead atoms. The molecule has 152 valence electrons. The molecule has 2 fully saturated rings. The van der Waals surface area contributed by atoms with Crippen molar-refractivity contribution in [2.45, 2.75) is 58.2 Å². The van der Waals surface area contributed by atoms with Crippen molar-refractivity contribution in [1.82, 2.24) is 0 Å². The van der Waals surface area contributed by atoms with Gasteiger partial charge in [-0.2, -0.15) is 0 Å². The Morgan fingerprint density at radius 3 is 2.61 bits per heavy atom. The van der Waals surface area contributed by atoms with Gasteiger partial charge in [-0.3, -0.25) is 4.79 Å². The first-order valence-electron chi connectivity index (χ1n) is 9.92. The second-order valence-corrected chi connectivity index (χ2v) is 9.62. The van der Waals surface area contributed by atoms with Crippen LogP contribution in [0.3, 0.4) is 0 Å². The lowest BCUT2D eigenvalue weighted by molar-refractivity contribution is -0.188. The number of carbonyl (C=O) groups excluding carboxylic acids is 1. The van der Waals surface area contributed by atoms with Gasteiger partial charge >= 0.3 is 5.97 Å². The van der Waals surface area contributed by atoms with E-state index in [1.54, 1.807) is 13.0 Å². The number of aliphatic carboxylic acids is 1. The lowest BCUT2D eigenvalue weighted by Crippen LogP contribution is -2.61. The van der Waals surface area contributed by atoms with E-state index in [2.05, 4.69) is 6.08 Å². The third kappa shape index (κ3) is 2.16. The van der Waals surface area contributed by atoms with Crippen LogP contribution in [-0.4, -0.2) is 43.9 Å². The Morgan fingerprint density at radius 2 is 2.00 bits per heavy atom. The van der Waals surface area contributed by atoms with Crippen molar-refractivity contribution in [3.8, 4) is 0 Å².